The SMILES string of the molecule is Cc1nn(CCC(=O)N2CCC[C@H](C)C2)c(C)c1Cl. The van der Waals surface area contributed by atoms with Gasteiger partial charge in [-0.15, -0.1) is 0 Å². The van der Waals surface area contributed by atoms with Crippen molar-refractivity contribution in [2.75, 3.05) is 13.1 Å². The molecule has 0 N–H and O–H groups in total. The van der Waals surface area contributed by atoms with Crippen LogP contribution in [0.25, 0.3) is 0 Å². The molecule has 0 aromatic carbocycles. The molecule has 1 aliphatic rings. The van der Waals surface area contributed by atoms with Gasteiger partial charge in [0.25, 0.3) is 0 Å². The van der Waals surface area contributed by atoms with Crippen LogP contribution in [0.4, 0.5) is 0 Å². The van der Waals surface area contributed by atoms with Gasteiger partial charge in [0.15, 0.2) is 0 Å². The Morgan fingerprint density at radius 1 is 1.47 bits per heavy atom. The third kappa shape index (κ3) is 3.30. The number of rotatable bonds is 3. The van der Waals surface area contributed by atoms with Crippen LogP contribution in [0.15, 0.2) is 0 Å². The molecule has 0 saturated carbocycles. The molecule has 5 heteroatoms. The largest absolute Gasteiger partial charge is 0.342 e. The normalized spacial score (nSPS) is 19.8. The molecule has 1 amide bonds. The fraction of sp³-hybridized carbons (Fsp3) is 0.714. The van der Waals surface area contributed by atoms with Crippen molar-refractivity contribution in [3.63, 3.8) is 0 Å². The van der Waals surface area contributed by atoms with E-state index >= 15 is 0 Å². The van der Waals surface area contributed by atoms with E-state index in [1.807, 2.05) is 23.4 Å². The predicted octanol–water partition coefficient (Wildman–Crippen LogP) is 2.80. The molecule has 0 spiro atoms. The van der Waals surface area contributed by atoms with Crippen LogP contribution in [0.2, 0.25) is 5.02 Å². The van der Waals surface area contributed by atoms with Crippen molar-refractivity contribution < 1.29 is 4.79 Å². The summed E-state index contributed by atoms with van der Waals surface area (Å²) in [6, 6.07) is 0. The van der Waals surface area contributed by atoms with Gasteiger partial charge in [0.2, 0.25) is 5.91 Å². The lowest BCUT2D eigenvalue weighted by molar-refractivity contribution is -0.133. The van der Waals surface area contributed by atoms with Crippen LogP contribution in [-0.4, -0.2) is 33.7 Å². The number of carbonyl (C=O) groups excluding carboxylic acids is 1. The van der Waals surface area contributed by atoms with Gasteiger partial charge in [-0.05, 0) is 32.6 Å². The molecule has 1 atom stereocenters. The summed E-state index contributed by atoms with van der Waals surface area (Å²) < 4.78 is 1.84. The molecule has 1 fully saturated rings. The first-order valence-corrected chi connectivity index (χ1v) is 7.34. The second-order valence-electron chi connectivity index (χ2n) is 5.55. The molecule has 1 saturated heterocycles. The Balaban J connectivity index is 1.91. The lowest BCUT2D eigenvalue weighted by atomic mass is 10.00. The van der Waals surface area contributed by atoms with Gasteiger partial charge in [-0.3, -0.25) is 9.48 Å². The maximum absolute atomic E-state index is 12.2. The number of hydrogen-bond acceptors (Lipinski definition) is 2. The lowest BCUT2D eigenvalue weighted by Crippen LogP contribution is -2.39. The van der Waals surface area contributed by atoms with Crippen LogP contribution in [0, 0.1) is 19.8 Å². The smallest absolute Gasteiger partial charge is 0.224 e. The highest BCUT2D eigenvalue weighted by atomic mass is 35.5. The molecule has 106 valence electrons. The molecule has 0 unspecified atom stereocenters. The predicted molar refractivity (Wildman–Crippen MR) is 76.3 cm³/mol. The fourth-order valence-corrected chi connectivity index (χ4v) is 2.80. The zero-order valence-electron chi connectivity index (χ0n) is 11.9. The molecule has 0 aliphatic carbocycles. The second kappa shape index (κ2) is 5.95. The summed E-state index contributed by atoms with van der Waals surface area (Å²) in [6.45, 7) is 8.46. The maximum Gasteiger partial charge on any atom is 0.224 e. The lowest BCUT2D eigenvalue weighted by Gasteiger charge is -2.31. The summed E-state index contributed by atoms with van der Waals surface area (Å²) in [5.41, 5.74) is 1.78. The minimum atomic E-state index is 0.232. The van der Waals surface area contributed by atoms with Gasteiger partial charge in [0, 0.05) is 19.5 Å². The van der Waals surface area contributed by atoms with E-state index in [0.29, 0.717) is 23.9 Å². The average molecular weight is 284 g/mol. The van der Waals surface area contributed by atoms with Gasteiger partial charge in [-0.1, -0.05) is 18.5 Å². The number of nitrogens with zero attached hydrogens (tertiary/aromatic N) is 3. The highest BCUT2D eigenvalue weighted by Gasteiger charge is 2.21. The minimum absolute atomic E-state index is 0.232. The van der Waals surface area contributed by atoms with Crippen molar-refractivity contribution >= 4 is 17.5 Å². The Kier molecular flexibility index (Phi) is 4.50. The molecule has 1 aromatic heterocycles. The molecular weight excluding hydrogens is 262 g/mol. The van der Waals surface area contributed by atoms with E-state index in [1.165, 1.54) is 6.42 Å². The number of halogens is 1. The van der Waals surface area contributed by atoms with Gasteiger partial charge >= 0.3 is 0 Å². The summed E-state index contributed by atoms with van der Waals surface area (Å²) in [5.74, 6) is 0.857. The molecule has 1 aromatic rings. The molecule has 0 radical (unpaired) electrons. The van der Waals surface area contributed by atoms with Crippen molar-refractivity contribution in [2.45, 2.75) is 46.6 Å². The van der Waals surface area contributed by atoms with E-state index in [2.05, 4.69) is 12.0 Å². The van der Waals surface area contributed by atoms with Crippen LogP contribution in [0.5, 0.6) is 0 Å². The number of piperidine rings is 1. The highest BCUT2D eigenvalue weighted by Crippen LogP contribution is 2.20. The van der Waals surface area contributed by atoms with E-state index in [9.17, 15) is 4.79 Å². The van der Waals surface area contributed by atoms with E-state index in [1.54, 1.807) is 0 Å². The Hall–Kier alpha value is -1.03. The summed E-state index contributed by atoms with van der Waals surface area (Å²) >= 11 is 6.10. The third-order valence-electron chi connectivity index (χ3n) is 3.84. The first-order chi connectivity index (χ1) is 8.99. The van der Waals surface area contributed by atoms with Crippen LogP contribution < -0.4 is 0 Å². The molecule has 2 heterocycles. The first kappa shape index (κ1) is 14.4. The van der Waals surface area contributed by atoms with Crippen molar-refractivity contribution in [1.29, 1.82) is 0 Å². The van der Waals surface area contributed by atoms with Crippen molar-refractivity contribution in [3.05, 3.63) is 16.4 Å². The van der Waals surface area contributed by atoms with Crippen LogP contribution in [0.1, 0.15) is 37.6 Å². The second-order valence-corrected chi connectivity index (χ2v) is 5.92. The summed E-state index contributed by atoms with van der Waals surface area (Å²) in [6.07, 6.45) is 2.86. The summed E-state index contributed by atoms with van der Waals surface area (Å²) in [5, 5.41) is 5.06. The van der Waals surface area contributed by atoms with Crippen LogP contribution >= 0.6 is 11.6 Å². The van der Waals surface area contributed by atoms with Crippen molar-refractivity contribution in [3.8, 4) is 0 Å². The Bertz CT molecular complexity index is 470. The van der Waals surface area contributed by atoms with E-state index in [4.69, 9.17) is 11.6 Å². The number of carbonyl (C=O) groups is 1. The summed E-state index contributed by atoms with van der Waals surface area (Å²) in [7, 11) is 0. The number of likely N-dealkylation sites (tertiary alicyclic amines) is 1. The maximum atomic E-state index is 12.2. The van der Waals surface area contributed by atoms with Gasteiger partial charge in [-0.2, -0.15) is 5.10 Å². The number of amides is 1. The first-order valence-electron chi connectivity index (χ1n) is 6.96. The summed E-state index contributed by atoms with van der Waals surface area (Å²) in [4.78, 5) is 14.2. The Morgan fingerprint density at radius 3 is 2.79 bits per heavy atom. The zero-order chi connectivity index (χ0) is 14.0. The van der Waals surface area contributed by atoms with Crippen molar-refractivity contribution in [1.82, 2.24) is 14.7 Å². The molecule has 0 bridgehead atoms. The average Bonchev–Trinajstić information content (AvgIpc) is 2.63. The number of aryl methyl sites for hydroxylation is 2. The molecule has 19 heavy (non-hydrogen) atoms. The molecular formula is C14H22ClN3O. The van der Waals surface area contributed by atoms with Crippen LogP contribution in [-0.2, 0) is 11.3 Å². The quantitative estimate of drug-likeness (QED) is 0.855. The highest BCUT2D eigenvalue weighted by molar-refractivity contribution is 6.31. The minimum Gasteiger partial charge on any atom is -0.342 e. The standard InChI is InChI=1S/C14H22ClN3O/c1-10-5-4-7-17(9-10)13(19)6-8-18-12(3)14(15)11(2)16-18/h10H,4-9H2,1-3H3/t10-/m0/s1. The fourth-order valence-electron chi connectivity index (χ4n) is 2.67. The zero-order valence-corrected chi connectivity index (χ0v) is 12.7. The van der Waals surface area contributed by atoms with E-state index < -0.39 is 0 Å². The van der Waals surface area contributed by atoms with Crippen molar-refractivity contribution in [2.24, 2.45) is 5.92 Å². The van der Waals surface area contributed by atoms with Gasteiger partial charge in [0.1, 0.15) is 0 Å². The third-order valence-corrected chi connectivity index (χ3v) is 4.39. The monoisotopic (exact) mass is 283 g/mol. The topological polar surface area (TPSA) is 38.1 Å². The van der Waals surface area contributed by atoms with Gasteiger partial charge in [-0.25, -0.2) is 0 Å². The van der Waals surface area contributed by atoms with Gasteiger partial charge < -0.3 is 4.90 Å². The Morgan fingerprint density at radius 2 is 2.21 bits per heavy atom. The number of aromatic nitrogens is 2. The van der Waals surface area contributed by atoms with Crippen LogP contribution in [0.3, 0.4) is 0 Å². The van der Waals surface area contributed by atoms with Gasteiger partial charge in [0.05, 0.1) is 23.0 Å². The molecule has 2 rings (SSSR count). The Labute approximate surface area is 119 Å². The molecule has 1 aliphatic heterocycles. The number of hydrogen-bond donors (Lipinski definition) is 0. The molecule has 4 nitrogen and oxygen atoms in total. The van der Waals surface area contributed by atoms with E-state index in [-0.39, 0.29) is 5.91 Å². The van der Waals surface area contributed by atoms with E-state index in [0.717, 1.165) is 30.9 Å².